The standard InChI is InChI=1S/C21H14F2N4O3/c1-26-19(28)18(8-14-6-16(22)4-2-12(14)9-24)20(29)27(21(26)30)11-15-7-17(23)5-3-13(15)10-25/h2-7,18H,8,11H2,1H3. The average Bonchev–Trinajstić information content (AvgIpc) is 2.73. The van der Waals surface area contributed by atoms with Gasteiger partial charge in [-0.25, -0.2) is 13.6 Å². The third kappa shape index (κ3) is 3.74. The maximum atomic E-state index is 13.6. The van der Waals surface area contributed by atoms with E-state index in [2.05, 4.69) is 0 Å². The number of rotatable bonds is 4. The molecule has 0 aliphatic carbocycles. The van der Waals surface area contributed by atoms with Gasteiger partial charge in [-0.05, 0) is 53.9 Å². The molecule has 0 spiro atoms. The second-order valence-electron chi connectivity index (χ2n) is 6.69. The van der Waals surface area contributed by atoms with E-state index in [0.717, 1.165) is 34.1 Å². The Bertz CT molecular complexity index is 1060. The van der Waals surface area contributed by atoms with E-state index in [9.17, 15) is 33.7 Å². The van der Waals surface area contributed by atoms with Crippen molar-refractivity contribution in [2.75, 3.05) is 7.05 Å². The first-order valence-electron chi connectivity index (χ1n) is 8.76. The Morgan fingerprint density at radius 2 is 1.43 bits per heavy atom. The number of hydrogen-bond donors (Lipinski definition) is 0. The number of benzene rings is 2. The zero-order valence-electron chi connectivity index (χ0n) is 15.7. The number of halogens is 2. The van der Waals surface area contributed by atoms with E-state index in [1.165, 1.54) is 19.2 Å². The maximum Gasteiger partial charge on any atom is 0.333 e. The van der Waals surface area contributed by atoms with Crippen LogP contribution < -0.4 is 0 Å². The van der Waals surface area contributed by atoms with E-state index in [-0.39, 0.29) is 28.7 Å². The lowest BCUT2D eigenvalue weighted by Crippen LogP contribution is -2.58. The van der Waals surface area contributed by atoms with Gasteiger partial charge in [0.15, 0.2) is 0 Å². The Morgan fingerprint density at radius 1 is 0.900 bits per heavy atom. The SMILES string of the molecule is CN1C(=O)C(Cc2cc(F)ccc2C#N)C(=O)N(Cc2cc(F)ccc2C#N)C1=O. The van der Waals surface area contributed by atoms with E-state index in [0.29, 0.717) is 0 Å². The van der Waals surface area contributed by atoms with Gasteiger partial charge in [-0.3, -0.25) is 19.4 Å². The number of carbonyl (C=O) groups excluding carboxylic acids is 3. The van der Waals surface area contributed by atoms with Gasteiger partial charge in [0.2, 0.25) is 11.8 Å². The molecule has 0 aromatic heterocycles. The van der Waals surface area contributed by atoms with Crippen LogP contribution in [0, 0.1) is 40.2 Å². The molecule has 1 fully saturated rings. The molecule has 1 atom stereocenters. The summed E-state index contributed by atoms with van der Waals surface area (Å²) in [5, 5.41) is 18.4. The van der Waals surface area contributed by atoms with Gasteiger partial charge < -0.3 is 0 Å². The molecule has 0 radical (unpaired) electrons. The summed E-state index contributed by atoms with van der Waals surface area (Å²) in [6.07, 6.45) is -0.291. The van der Waals surface area contributed by atoms with Gasteiger partial charge in [0.05, 0.1) is 29.8 Å². The van der Waals surface area contributed by atoms with Crippen molar-refractivity contribution < 1.29 is 23.2 Å². The summed E-state index contributed by atoms with van der Waals surface area (Å²) in [6, 6.07) is 9.52. The van der Waals surface area contributed by atoms with Crippen molar-refractivity contribution in [3.63, 3.8) is 0 Å². The highest BCUT2D eigenvalue weighted by Crippen LogP contribution is 2.25. The number of hydrogen-bond acceptors (Lipinski definition) is 5. The van der Waals surface area contributed by atoms with Crippen molar-refractivity contribution in [1.82, 2.24) is 9.80 Å². The van der Waals surface area contributed by atoms with Crippen LogP contribution in [0.15, 0.2) is 36.4 Å². The van der Waals surface area contributed by atoms with E-state index >= 15 is 0 Å². The molecule has 0 bridgehead atoms. The third-order valence-electron chi connectivity index (χ3n) is 4.84. The molecule has 0 N–H and O–H groups in total. The van der Waals surface area contributed by atoms with Gasteiger partial charge in [0, 0.05) is 7.05 Å². The first-order chi connectivity index (χ1) is 14.3. The normalized spacial score (nSPS) is 16.4. The van der Waals surface area contributed by atoms with Crippen LogP contribution in [0.2, 0.25) is 0 Å². The molecule has 1 unspecified atom stereocenters. The number of barbiturate groups is 1. The predicted octanol–water partition coefficient (Wildman–Crippen LogP) is 2.49. The van der Waals surface area contributed by atoms with Gasteiger partial charge in [-0.1, -0.05) is 0 Å². The summed E-state index contributed by atoms with van der Waals surface area (Å²) in [7, 11) is 1.19. The molecule has 1 saturated heterocycles. The van der Waals surface area contributed by atoms with Crippen LogP contribution in [0.5, 0.6) is 0 Å². The van der Waals surface area contributed by atoms with Crippen LogP contribution >= 0.6 is 0 Å². The van der Waals surface area contributed by atoms with E-state index in [4.69, 9.17) is 0 Å². The molecule has 2 aromatic carbocycles. The summed E-state index contributed by atoms with van der Waals surface area (Å²) in [4.78, 5) is 39.6. The summed E-state index contributed by atoms with van der Waals surface area (Å²) in [5.74, 6) is -4.33. The third-order valence-corrected chi connectivity index (χ3v) is 4.84. The molecule has 150 valence electrons. The minimum atomic E-state index is -1.37. The Kier molecular flexibility index (Phi) is 5.56. The fraction of sp³-hybridized carbons (Fsp3) is 0.190. The Hall–Kier alpha value is -4.11. The largest absolute Gasteiger partial charge is 0.333 e. The van der Waals surface area contributed by atoms with Gasteiger partial charge in [0.25, 0.3) is 0 Å². The van der Waals surface area contributed by atoms with Crippen molar-refractivity contribution in [3.05, 3.63) is 70.3 Å². The highest BCUT2D eigenvalue weighted by molar-refractivity contribution is 6.16. The van der Waals surface area contributed by atoms with Crippen molar-refractivity contribution in [2.45, 2.75) is 13.0 Å². The fourth-order valence-electron chi connectivity index (χ4n) is 3.25. The van der Waals surface area contributed by atoms with Crippen LogP contribution in [0.4, 0.5) is 13.6 Å². The molecule has 2 aromatic rings. The number of carbonyl (C=O) groups is 3. The lowest BCUT2D eigenvalue weighted by Gasteiger charge is -2.35. The van der Waals surface area contributed by atoms with Crippen LogP contribution in [-0.4, -0.2) is 34.7 Å². The highest BCUT2D eigenvalue weighted by atomic mass is 19.1. The number of nitrogens with zero attached hydrogens (tertiary/aromatic N) is 4. The van der Waals surface area contributed by atoms with E-state index < -0.39 is 41.9 Å². The van der Waals surface area contributed by atoms with Crippen LogP contribution in [0.25, 0.3) is 0 Å². The molecule has 9 heteroatoms. The maximum absolute atomic E-state index is 13.6. The smallest absolute Gasteiger partial charge is 0.273 e. The second kappa shape index (κ2) is 8.10. The first kappa shape index (κ1) is 20.6. The van der Waals surface area contributed by atoms with Crippen molar-refractivity contribution >= 4 is 17.8 Å². The van der Waals surface area contributed by atoms with Crippen molar-refractivity contribution in [1.29, 1.82) is 10.5 Å². The van der Waals surface area contributed by atoms with Crippen LogP contribution in [0.1, 0.15) is 22.3 Å². The zero-order chi connectivity index (χ0) is 22.0. The minimum Gasteiger partial charge on any atom is -0.273 e. The predicted molar refractivity (Wildman–Crippen MR) is 98.1 cm³/mol. The van der Waals surface area contributed by atoms with Gasteiger partial charge in [-0.2, -0.15) is 10.5 Å². The van der Waals surface area contributed by atoms with Gasteiger partial charge >= 0.3 is 6.03 Å². The topological polar surface area (TPSA) is 105 Å². The Labute approximate surface area is 170 Å². The molecule has 4 amide bonds. The summed E-state index contributed by atoms with van der Waals surface area (Å²) in [5.41, 5.74) is 0.421. The summed E-state index contributed by atoms with van der Waals surface area (Å²) >= 11 is 0. The quantitative estimate of drug-likeness (QED) is 0.723. The highest BCUT2D eigenvalue weighted by Gasteiger charge is 2.44. The molecule has 1 heterocycles. The number of imide groups is 2. The van der Waals surface area contributed by atoms with Crippen LogP contribution in [-0.2, 0) is 22.6 Å². The number of nitriles is 2. The number of amides is 4. The molecule has 1 aliphatic heterocycles. The fourth-order valence-corrected chi connectivity index (χ4v) is 3.25. The van der Waals surface area contributed by atoms with Gasteiger partial charge in [-0.15, -0.1) is 0 Å². The molecule has 7 nitrogen and oxygen atoms in total. The number of urea groups is 1. The molecular weight excluding hydrogens is 394 g/mol. The van der Waals surface area contributed by atoms with Gasteiger partial charge in [0.1, 0.15) is 17.6 Å². The van der Waals surface area contributed by atoms with Crippen molar-refractivity contribution in [3.8, 4) is 12.1 Å². The first-order valence-corrected chi connectivity index (χ1v) is 8.76. The van der Waals surface area contributed by atoms with E-state index in [1.54, 1.807) is 0 Å². The summed E-state index contributed by atoms with van der Waals surface area (Å²) < 4.78 is 27.3. The Morgan fingerprint density at radius 3 is 2.00 bits per heavy atom. The lowest BCUT2D eigenvalue weighted by atomic mass is 9.92. The minimum absolute atomic E-state index is 0.0741. The van der Waals surface area contributed by atoms with Crippen molar-refractivity contribution in [2.24, 2.45) is 5.92 Å². The average molecular weight is 408 g/mol. The Balaban J connectivity index is 1.97. The van der Waals surface area contributed by atoms with Crippen LogP contribution in [0.3, 0.4) is 0 Å². The van der Waals surface area contributed by atoms with E-state index in [1.807, 2.05) is 12.1 Å². The molecule has 3 rings (SSSR count). The lowest BCUT2D eigenvalue weighted by molar-refractivity contribution is -0.148. The second-order valence-corrected chi connectivity index (χ2v) is 6.69. The monoisotopic (exact) mass is 408 g/mol. The molecule has 1 aliphatic rings. The molecular formula is C21H14F2N4O3. The zero-order valence-corrected chi connectivity index (χ0v) is 15.7. The molecule has 30 heavy (non-hydrogen) atoms. The summed E-state index contributed by atoms with van der Waals surface area (Å²) in [6.45, 7) is -0.416. The molecule has 0 saturated carbocycles.